The summed E-state index contributed by atoms with van der Waals surface area (Å²) in [7, 11) is 0. The van der Waals surface area contributed by atoms with Crippen LogP contribution in [0.25, 0.3) is 11.3 Å². The summed E-state index contributed by atoms with van der Waals surface area (Å²) in [4.78, 5) is 11.6. The monoisotopic (exact) mass is 401 g/mol. The van der Waals surface area contributed by atoms with Gasteiger partial charge in [-0.1, -0.05) is 11.6 Å². The highest BCUT2D eigenvalue weighted by Crippen LogP contribution is 2.39. The van der Waals surface area contributed by atoms with E-state index in [0.29, 0.717) is 24.5 Å². The Balaban J connectivity index is 2.17. The molecule has 0 radical (unpaired) electrons. The first-order valence-electron chi connectivity index (χ1n) is 8.46. The first kappa shape index (κ1) is 19.8. The van der Waals surface area contributed by atoms with Crippen LogP contribution in [0.2, 0.25) is 5.02 Å². The van der Waals surface area contributed by atoms with Gasteiger partial charge in [-0.15, -0.1) is 0 Å². The number of hydrogen-bond donors (Lipinski definition) is 1. The van der Waals surface area contributed by atoms with Crippen molar-refractivity contribution in [3.8, 4) is 11.3 Å². The first-order chi connectivity index (χ1) is 12.5. The van der Waals surface area contributed by atoms with Crippen molar-refractivity contribution >= 4 is 17.6 Å². The topological polar surface area (TPSA) is 51.5 Å². The molecule has 4 nitrogen and oxygen atoms in total. The van der Waals surface area contributed by atoms with Gasteiger partial charge in [0.15, 0.2) is 0 Å². The smallest absolute Gasteiger partial charge is 0.416 e. The molecular formula is C19H19ClF3NO3. The summed E-state index contributed by atoms with van der Waals surface area (Å²) in [5, 5.41) is 9.59. The first-order valence-corrected chi connectivity index (χ1v) is 8.84. The fourth-order valence-electron chi connectivity index (χ4n) is 3.48. The molecule has 0 aliphatic carbocycles. The van der Waals surface area contributed by atoms with Gasteiger partial charge < -0.3 is 14.4 Å². The summed E-state index contributed by atoms with van der Waals surface area (Å²) in [5.41, 5.74) is -0.403. The fourth-order valence-corrected chi connectivity index (χ4v) is 3.70. The minimum Gasteiger partial charge on any atom is -0.478 e. The third-order valence-corrected chi connectivity index (χ3v) is 5.29. The van der Waals surface area contributed by atoms with E-state index >= 15 is 0 Å². The van der Waals surface area contributed by atoms with Gasteiger partial charge in [0.1, 0.15) is 0 Å². The number of halogens is 4. The average molecular weight is 402 g/mol. The highest BCUT2D eigenvalue weighted by Gasteiger charge is 2.34. The number of ether oxygens (including phenoxy) is 1. The Morgan fingerprint density at radius 1 is 1.37 bits per heavy atom. The van der Waals surface area contributed by atoms with E-state index < -0.39 is 23.3 Å². The summed E-state index contributed by atoms with van der Waals surface area (Å²) in [5.74, 6) is -1.15. The third-order valence-electron chi connectivity index (χ3n) is 4.96. The lowest BCUT2D eigenvalue weighted by Crippen LogP contribution is -2.30. The molecule has 146 valence electrons. The van der Waals surface area contributed by atoms with E-state index in [-0.39, 0.29) is 16.1 Å². The number of carbonyl (C=O) groups is 1. The lowest BCUT2D eigenvalue weighted by Gasteiger charge is -2.26. The van der Waals surface area contributed by atoms with Crippen LogP contribution in [-0.4, -0.2) is 27.9 Å². The molecule has 0 spiro atoms. The standard InChI is InChI=1S/C19H19ClF3NO3/c1-11-13(17(25)26)9-16(24(11)10-18(2)6-3-7-27-18)14-8-12(19(21,22)23)4-5-15(14)20/h4-5,8-9H,3,6-7,10H2,1-2H3,(H,25,26)/t18-/m1/s1. The van der Waals surface area contributed by atoms with E-state index in [1.807, 2.05) is 6.92 Å². The molecule has 8 heteroatoms. The van der Waals surface area contributed by atoms with Crippen molar-refractivity contribution < 1.29 is 27.8 Å². The third kappa shape index (κ3) is 3.84. The van der Waals surface area contributed by atoms with Gasteiger partial charge in [0, 0.05) is 22.9 Å². The number of benzene rings is 1. The maximum absolute atomic E-state index is 13.2. The largest absolute Gasteiger partial charge is 0.478 e. The molecule has 0 unspecified atom stereocenters. The van der Waals surface area contributed by atoms with Crippen LogP contribution in [0.1, 0.15) is 41.4 Å². The second-order valence-corrected chi connectivity index (χ2v) is 7.42. The maximum Gasteiger partial charge on any atom is 0.416 e. The van der Waals surface area contributed by atoms with Gasteiger partial charge in [0.05, 0.1) is 29.0 Å². The fraction of sp³-hybridized carbons (Fsp3) is 0.421. The van der Waals surface area contributed by atoms with Crippen molar-refractivity contribution in [2.24, 2.45) is 0 Å². The normalized spacial score (nSPS) is 20.2. The van der Waals surface area contributed by atoms with Crippen molar-refractivity contribution in [1.29, 1.82) is 0 Å². The molecule has 1 N–H and O–H groups in total. The van der Waals surface area contributed by atoms with Crippen molar-refractivity contribution in [2.45, 2.75) is 45.0 Å². The second-order valence-electron chi connectivity index (χ2n) is 7.01. The number of aromatic nitrogens is 1. The molecule has 1 aliphatic rings. The van der Waals surface area contributed by atoms with E-state index in [2.05, 4.69) is 0 Å². The molecule has 1 saturated heterocycles. The Bertz CT molecular complexity index is 883. The van der Waals surface area contributed by atoms with Crippen molar-refractivity contribution in [3.05, 3.63) is 46.1 Å². The van der Waals surface area contributed by atoms with E-state index in [1.165, 1.54) is 12.1 Å². The van der Waals surface area contributed by atoms with Gasteiger partial charge in [0.25, 0.3) is 0 Å². The average Bonchev–Trinajstić information content (AvgIpc) is 3.12. The van der Waals surface area contributed by atoms with Gasteiger partial charge >= 0.3 is 12.1 Å². The van der Waals surface area contributed by atoms with Crippen molar-refractivity contribution in [3.63, 3.8) is 0 Å². The number of alkyl halides is 3. The van der Waals surface area contributed by atoms with E-state index in [9.17, 15) is 23.1 Å². The predicted molar refractivity (Wildman–Crippen MR) is 95.2 cm³/mol. The van der Waals surface area contributed by atoms with Gasteiger partial charge in [-0.05, 0) is 51.0 Å². The molecule has 27 heavy (non-hydrogen) atoms. The summed E-state index contributed by atoms with van der Waals surface area (Å²) in [6, 6.07) is 4.42. The zero-order valence-electron chi connectivity index (χ0n) is 14.9. The summed E-state index contributed by atoms with van der Waals surface area (Å²) < 4.78 is 46.9. The van der Waals surface area contributed by atoms with E-state index in [0.717, 1.165) is 25.0 Å². The summed E-state index contributed by atoms with van der Waals surface area (Å²) in [6.45, 7) is 4.47. The highest BCUT2D eigenvalue weighted by atomic mass is 35.5. The molecule has 1 aliphatic heterocycles. The molecule has 0 bridgehead atoms. The number of hydrogen-bond acceptors (Lipinski definition) is 2. The van der Waals surface area contributed by atoms with E-state index in [4.69, 9.17) is 16.3 Å². The Kier molecular flexibility index (Phi) is 5.03. The predicted octanol–water partition coefficient (Wildman–Crippen LogP) is 5.40. The Morgan fingerprint density at radius 2 is 2.07 bits per heavy atom. The number of carboxylic acid groups (broad SMARTS) is 1. The molecular weight excluding hydrogens is 383 g/mol. The van der Waals surface area contributed by atoms with Crippen LogP contribution in [0, 0.1) is 6.92 Å². The number of rotatable bonds is 4. The molecule has 1 aromatic heterocycles. The molecule has 0 saturated carbocycles. The van der Waals surface area contributed by atoms with Crippen LogP contribution in [0.4, 0.5) is 13.2 Å². The number of carboxylic acids is 1. The lowest BCUT2D eigenvalue weighted by atomic mass is 10.0. The quantitative estimate of drug-likeness (QED) is 0.746. The Hall–Kier alpha value is -1.99. The molecule has 1 atom stereocenters. The van der Waals surface area contributed by atoms with Gasteiger partial charge in [-0.2, -0.15) is 13.2 Å². The molecule has 2 heterocycles. The van der Waals surface area contributed by atoms with Crippen LogP contribution in [-0.2, 0) is 17.5 Å². The van der Waals surface area contributed by atoms with E-state index in [1.54, 1.807) is 11.5 Å². The van der Waals surface area contributed by atoms with Crippen molar-refractivity contribution in [2.75, 3.05) is 6.61 Å². The van der Waals surface area contributed by atoms with Gasteiger partial charge in [-0.3, -0.25) is 0 Å². The Labute approximate surface area is 159 Å². The van der Waals surface area contributed by atoms with Crippen LogP contribution >= 0.6 is 11.6 Å². The zero-order valence-corrected chi connectivity index (χ0v) is 15.6. The SMILES string of the molecule is Cc1c(C(=O)O)cc(-c2cc(C(F)(F)F)ccc2Cl)n1C[C@@]1(C)CCCO1. The van der Waals surface area contributed by atoms with Gasteiger partial charge in [-0.25, -0.2) is 4.79 Å². The second kappa shape index (κ2) is 6.87. The highest BCUT2D eigenvalue weighted by molar-refractivity contribution is 6.33. The molecule has 1 fully saturated rings. The Morgan fingerprint density at radius 3 is 2.63 bits per heavy atom. The number of nitrogens with zero attached hydrogens (tertiary/aromatic N) is 1. The molecule has 3 rings (SSSR count). The van der Waals surface area contributed by atoms with Crippen LogP contribution < -0.4 is 0 Å². The minimum atomic E-state index is -4.53. The maximum atomic E-state index is 13.2. The van der Waals surface area contributed by atoms with Crippen LogP contribution in [0.15, 0.2) is 24.3 Å². The molecule has 0 amide bonds. The number of aromatic carboxylic acids is 1. The summed E-state index contributed by atoms with van der Waals surface area (Å²) >= 11 is 6.19. The summed E-state index contributed by atoms with van der Waals surface area (Å²) in [6.07, 6.45) is -2.87. The lowest BCUT2D eigenvalue weighted by molar-refractivity contribution is -0.137. The molecule has 1 aromatic carbocycles. The van der Waals surface area contributed by atoms with Crippen molar-refractivity contribution in [1.82, 2.24) is 4.57 Å². The van der Waals surface area contributed by atoms with Crippen LogP contribution in [0.3, 0.4) is 0 Å². The zero-order chi connectivity index (χ0) is 20.0. The molecule has 2 aromatic rings. The van der Waals surface area contributed by atoms with Crippen LogP contribution in [0.5, 0.6) is 0 Å². The van der Waals surface area contributed by atoms with Gasteiger partial charge in [0.2, 0.25) is 0 Å². The minimum absolute atomic E-state index is 0.0278.